The lowest BCUT2D eigenvalue weighted by Crippen LogP contribution is -2.21. The largest absolute Gasteiger partial charge is 0.445 e. The van der Waals surface area contributed by atoms with Gasteiger partial charge in [0, 0.05) is 6.54 Å². The average Bonchev–Trinajstić information content (AvgIpc) is 1.88. The van der Waals surface area contributed by atoms with Gasteiger partial charge in [-0.05, 0) is 20.3 Å². The Morgan fingerprint density at radius 1 is 1.60 bits per heavy atom. The first-order valence-electron chi connectivity index (χ1n) is 3.58. The first-order chi connectivity index (χ1) is 4.70. The molecule has 0 aliphatic carbocycles. The summed E-state index contributed by atoms with van der Waals surface area (Å²) in [6.07, 6.45) is 0.380. The topological polar surface area (TPSA) is 40.4 Å². The summed E-state index contributed by atoms with van der Waals surface area (Å²) in [6.45, 7) is 6.11. The van der Waals surface area contributed by atoms with Crippen molar-refractivity contribution in [2.75, 3.05) is 6.54 Å². The molecule has 0 spiro atoms. The lowest BCUT2D eigenvalue weighted by atomic mass is 10.3. The van der Waals surface area contributed by atoms with Crippen LogP contribution in [0.3, 0.4) is 0 Å². The van der Waals surface area contributed by atoms with E-state index in [9.17, 15) is 4.79 Å². The Hall–Kier alpha value is -0.730. The molecule has 1 unspecified atom stereocenters. The third-order valence-corrected chi connectivity index (χ3v) is 1.16. The van der Waals surface area contributed by atoms with Crippen molar-refractivity contribution >= 4 is 6.09 Å². The molecule has 0 N–H and O–H groups in total. The van der Waals surface area contributed by atoms with Gasteiger partial charge in [-0.25, -0.2) is 10.1 Å². The van der Waals surface area contributed by atoms with E-state index in [1.165, 1.54) is 0 Å². The minimum absolute atomic E-state index is 0.0113. The van der Waals surface area contributed by atoms with Crippen LogP contribution in [0, 0.1) is 0 Å². The van der Waals surface area contributed by atoms with Gasteiger partial charge in [-0.3, -0.25) is 0 Å². The van der Waals surface area contributed by atoms with Crippen molar-refractivity contribution in [2.24, 2.45) is 0 Å². The van der Waals surface area contributed by atoms with Gasteiger partial charge < -0.3 is 4.74 Å². The molecule has 0 aliphatic rings. The van der Waals surface area contributed by atoms with E-state index >= 15 is 0 Å². The van der Waals surface area contributed by atoms with Crippen molar-refractivity contribution in [1.29, 1.82) is 0 Å². The fourth-order valence-corrected chi connectivity index (χ4v) is 0.422. The number of rotatable bonds is 3. The fourth-order valence-electron chi connectivity index (χ4n) is 0.422. The lowest BCUT2D eigenvalue weighted by Gasteiger charge is -2.08. The highest BCUT2D eigenvalue weighted by Gasteiger charge is 2.05. The number of nitrogens with zero attached hydrogens (tertiary/aromatic N) is 1. The highest BCUT2D eigenvalue weighted by atomic mass is 16.6. The third kappa shape index (κ3) is 4.18. The van der Waals surface area contributed by atoms with Crippen molar-refractivity contribution < 1.29 is 9.53 Å². The molecule has 0 aliphatic heterocycles. The summed E-state index contributed by atoms with van der Waals surface area (Å²) >= 11 is 0. The van der Waals surface area contributed by atoms with E-state index in [1.807, 2.05) is 13.8 Å². The van der Waals surface area contributed by atoms with Gasteiger partial charge in [0.15, 0.2) is 0 Å². The van der Waals surface area contributed by atoms with E-state index in [-0.39, 0.29) is 6.10 Å². The molecule has 59 valence electrons. The predicted octanol–water partition coefficient (Wildman–Crippen LogP) is 1.55. The summed E-state index contributed by atoms with van der Waals surface area (Å²) < 4.78 is 4.83. The van der Waals surface area contributed by atoms with Crippen LogP contribution in [0.15, 0.2) is 0 Å². The maximum absolute atomic E-state index is 10.6. The van der Waals surface area contributed by atoms with E-state index in [1.54, 1.807) is 6.92 Å². The molecular weight excluding hydrogens is 130 g/mol. The number of hydrogen-bond donors (Lipinski definition) is 0. The Bertz CT molecular complexity index is 104. The van der Waals surface area contributed by atoms with Crippen LogP contribution in [0.5, 0.6) is 0 Å². The van der Waals surface area contributed by atoms with Crippen LogP contribution in [-0.4, -0.2) is 18.7 Å². The molecule has 0 aromatic carbocycles. The SMILES string of the molecule is CC[N]C(=O)OC(C)CC. The maximum Gasteiger partial charge on any atom is 0.429 e. The molecule has 3 nitrogen and oxygen atoms in total. The average molecular weight is 144 g/mol. The molecule has 10 heavy (non-hydrogen) atoms. The van der Waals surface area contributed by atoms with Gasteiger partial charge in [-0.2, -0.15) is 0 Å². The molecule has 1 radical (unpaired) electrons. The van der Waals surface area contributed by atoms with Crippen molar-refractivity contribution in [3.05, 3.63) is 0 Å². The minimum Gasteiger partial charge on any atom is -0.445 e. The molecule has 0 saturated carbocycles. The first-order valence-corrected chi connectivity index (χ1v) is 3.58. The standard InChI is InChI=1S/C7H14NO2/c1-4-6(3)10-7(9)8-5-2/h6H,4-5H2,1-3H3. The van der Waals surface area contributed by atoms with E-state index < -0.39 is 6.09 Å². The Balaban J connectivity index is 3.37. The second kappa shape index (κ2) is 5.09. The molecule has 0 rings (SSSR count). The van der Waals surface area contributed by atoms with Gasteiger partial charge in [0.1, 0.15) is 6.10 Å². The third-order valence-electron chi connectivity index (χ3n) is 1.16. The van der Waals surface area contributed by atoms with Crippen molar-refractivity contribution in [3.63, 3.8) is 0 Å². The van der Waals surface area contributed by atoms with Crippen LogP contribution in [0.1, 0.15) is 27.2 Å². The quantitative estimate of drug-likeness (QED) is 0.602. The molecule has 0 aromatic rings. The highest BCUT2D eigenvalue weighted by molar-refractivity contribution is 5.66. The monoisotopic (exact) mass is 144 g/mol. The predicted molar refractivity (Wildman–Crippen MR) is 38.9 cm³/mol. The molecule has 0 fully saturated rings. The van der Waals surface area contributed by atoms with Gasteiger partial charge >= 0.3 is 6.09 Å². The van der Waals surface area contributed by atoms with Crippen LogP contribution in [0.2, 0.25) is 0 Å². The van der Waals surface area contributed by atoms with E-state index in [2.05, 4.69) is 5.32 Å². The smallest absolute Gasteiger partial charge is 0.429 e. The number of carbonyl (C=O) groups excluding carboxylic acids is 1. The minimum atomic E-state index is -0.447. The number of amides is 1. The molecule has 3 heteroatoms. The summed E-state index contributed by atoms with van der Waals surface area (Å²) in [5.74, 6) is 0. The van der Waals surface area contributed by atoms with Crippen LogP contribution in [0.25, 0.3) is 0 Å². The van der Waals surface area contributed by atoms with E-state index in [0.29, 0.717) is 6.54 Å². The number of ether oxygens (including phenoxy) is 1. The molecule has 1 atom stereocenters. The molecule has 0 bridgehead atoms. The van der Waals surface area contributed by atoms with Gasteiger partial charge in [-0.1, -0.05) is 6.92 Å². The molecule has 1 amide bonds. The molecule has 0 heterocycles. The number of hydrogen-bond acceptors (Lipinski definition) is 2. The molecule has 0 saturated heterocycles. The Morgan fingerprint density at radius 2 is 2.20 bits per heavy atom. The fraction of sp³-hybridized carbons (Fsp3) is 0.857. The lowest BCUT2D eigenvalue weighted by molar-refractivity contribution is 0.104. The second-order valence-corrected chi connectivity index (χ2v) is 2.08. The van der Waals surface area contributed by atoms with Gasteiger partial charge in [-0.15, -0.1) is 0 Å². The van der Waals surface area contributed by atoms with Gasteiger partial charge in [0.2, 0.25) is 0 Å². The van der Waals surface area contributed by atoms with Gasteiger partial charge in [0.05, 0.1) is 0 Å². The van der Waals surface area contributed by atoms with Crippen LogP contribution >= 0.6 is 0 Å². The Kier molecular flexibility index (Phi) is 4.72. The summed E-state index contributed by atoms with van der Waals surface area (Å²) in [5, 5.41) is 3.55. The zero-order valence-electron chi connectivity index (χ0n) is 6.76. The highest BCUT2D eigenvalue weighted by Crippen LogP contribution is 1.95. The Morgan fingerprint density at radius 3 is 2.60 bits per heavy atom. The van der Waals surface area contributed by atoms with E-state index in [4.69, 9.17) is 4.74 Å². The van der Waals surface area contributed by atoms with Crippen LogP contribution in [-0.2, 0) is 4.74 Å². The Labute approximate surface area is 61.8 Å². The maximum atomic E-state index is 10.6. The van der Waals surface area contributed by atoms with Gasteiger partial charge in [0.25, 0.3) is 0 Å². The summed E-state index contributed by atoms with van der Waals surface area (Å²) in [7, 11) is 0. The number of carbonyl (C=O) groups is 1. The summed E-state index contributed by atoms with van der Waals surface area (Å²) in [4.78, 5) is 10.6. The van der Waals surface area contributed by atoms with Crippen LogP contribution < -0.4 is 5.32 Å². The van der Waals surface area contributed by atoms with E-state index in [0.717, 1.165) is 6.42 Å². The zero-order chi connectivity index (χ0) is 7.98. The zero-order valence-corrected chi connectivity index (χ0v) is 6.76. The molecular formula is C7H14NO2. The normalized spacial score (nSPS) is 12.3. The van der Waals surface area contributed by atoms with Crippen molar-refractivity contribution in [1.82, 2.24) is 5.32 Å². The summed E-state index contributed by atoms with van der Waals surface area (Å²) in [5.41, 5.74) is 0. The summed E-state index contributed by atoms with van der Waals surface area (Å²) in [6, 6.07) is 0. The second-order valence-electron chi connectivity index (χ2n) is 2.08. The van der Waals surface area contributed by atoms with Crippen molar-refractivity contribution in [3.8, 4) is 0 Å². The first kappa shape index (κ1) is 9.27. The van der Waals surface area contributed by atoms with Crippen molar-refractivity contribution in [2.45, 2.75) is 33.3 Å². The molecule has 0 aromatic heterocycles. The van der Waals surface area contributed by atoms with Crippen LogP contribution in [0.4, 0.5) is 4.79 Å².